The molecule has 3 aromatic heterocycles. The highest BCUT2D eigenvalue weighted by Crippen LogP contribution is 2.22. The summed E-state index contributed by atoms with van der Waals surface area (Å²) < 4.78 is 1.65. The van der Waals surface area contributed by atoms with E-state index in [1.165, 1.54) is 0 Å². The smallest absolute Gasteiger partial charge is 0.251 e. The molecule has 1 N–H and O–H groups in total. The van der Waals surface area contributed by atoms with Gasteiger partial charge in [-0.2, -0.15) is 11.3 Å². The Kier molecular flexibility index (Phi) is 4.53. The van der Waals surface area contributed by atoms with Gasteiger partial charge < -0.3 is 5.32 Å². The lowest BCUT2D eigenvalue weighted by atomic mass is 10.1. The molecule has 6 nitrogen and oxygen atoms in total. The monoisotopic (exact) mass is 361 g/mol. The fraction of sp³-hybridized carbons (Fsp3) is 0.0526. The van der Waals surface area contributed by atoms with E-state index in [1.807, 2.05) is 41.8 Å². The van der Waals surface area contributed by atoms with Gasteiger partial charge in [0.25, 0.3) is 5.91 Å². The van der Waals surface area contributed by atoms with Gasteiger partial charge in [0.15, 0.2) is 0 Å². The maximum atomic E-state index is 12.3. The topological polar surface area (TPSA) is 72.7 Å². The molecule has 0 atom stereocenters. The molecule has 1 amide bonds. The lowest BCUT2D eigenvalue weighted by Crippen LogP contribution is -2.22. The van der Waals surface area contributed by atoms with Crippen LogP contribution in [0, 0.1) is 0 Å². The van der Waals surface area contributed by atoms with Crippen LogP contribution in [0.1, 0.15) is 16.1 Å². The second-order valence-electron chi connectivity index (χ2n) is 5.63. The molecular weight excluding hydrogens is 346 g/mol. The summed E-state index contributed by atoms with van der Waals surface area (Å²) in [5.41, 5.74) is 4.43. The number of aromatic nitrogens is 4. The first-order chi connectivity index (χ1) is 12.8. The molecule has 26 heavy (non-hydrogen) atoms. The third-order valence-corrected chi connectivity index (χ3v) is 4.58. The molecule has 0 aliphatic rings. The van der Waals surface area contributed by atoms with Crippen LogP contribution in [0.15, 0.2) is 71.8 Å². The molecule has 4 aromatic rings. The van der Waals surface area contributed by atoms with Crippen molar-refractivity contribution >= 4 is 17.2 Å². The Balaban J connectivity index is 1.39. The Bertz CT molecular complexity index is 994. The molecule has 1 aromatic carbocycles. The number of carbonyl (C=O) groups is 1. The normalized spacial score (nSPS) is 10.6. The van der Waals surface area contributed by atoms with E-state index >= 15 is 0 Å². The zero-order chi connectivity index (χ0) is 17.8. The first-order valence-corrected chi connectivity index (χ1v) is 8.96. The predicted molar refractivity (Wildman–Crippen MR) is 100 cm³/mol. The van der Waals surface area contributed by atoms with Crippen LogP contribution >= 0.6 is 11.3 Å². The summed E-state index contributed by atoms with van der Waals surface area (Å²) in [6.07, 6.45) is 5.17. The quantitative estimate of drug-likeness (QED) is 0.592. The molecule has 0 unspecified atom stereocenters. The van der Waals surface area contributed by atoms with Crippen molar-refractivity contribution in [3.63, 3.8) is 0 Å². The van der Waals surface area contributed by atoms with E-state index in [0.717, 1.165) is 16.8 Å². The minimum absolute atomic E-state index is 0.139. The number of hydrogen-bond donors (Lipinski definition) is 1. The largest absolute Gasteiger partial charge is 0.346 e. The van der Waals surface area contributed by atoms with Gasteiger partial charge in [-0.25, -0.2) is 4.68 Å². The van der Waals surface area contributed by atoms with E-state index in [4.69, 9.17) is 0 Å². The summed E-state index contributed by atoms with van der Waals surface area (Å²) in [5, 5.41) is 15.1. The molecule has 0 bridgehead atoms. The van der Waals surface area contributed by atoms with Crippen molar-refractivity contribution in [2.75, 3.05) is 0 Å². The van der Waals surface area contributed by atoms with Gasteiger partial charge in [-0.3, -0.25) is 9.78 Å². The van der Waals surface area contributed by atoms with Crippen LogP contribution in [0.3, 0.4) is 0 Å². The SMILES string of the molecule is O=C(NCc1cn(-c2ccncc2)nn1)c1ccc(-c2ccsc2)cc1. The molecule has 0 aliphatic heterocycles. The molecule has 4 rings (SSSR count). The van der Waals surface area contributed by atoms with Gasteiger partial charge >= 0.3 is 0 Å². The van der Waals surface area contributed by atoms with Crippen molar-refractivity contribution in [1.29, 1.82) is 0 Å². The standard InChI is InChI=1S/C19H15N5OS/c25-19(15-3-1-14(2-4-15)16-7-10-26-13-16)21-11-17-12-24(23-22-17)18-5-8-20-9-6-18/h1-10,12-13H,11H2,(H,21,25). The van der Waals surface area contributed by atoms with Crippen molar-refractivity contribution in [2.45, 2.75) is 6.54 Å². The van der Waals surface area contributed by atoms with E-state index in [1.54, 1.807) is 34.6 Å². The molecule has 0 saturated carbocycles. The van der Waals surface area contributed by atoms with Gasteiger partial charge in [0.2, 0.25) is 0 Å². The van der Waals surface area contributed by atoms with Crippen LogP contribution in [0.4, 0.5) is 0 Å². The van der Waals surface area contributed by atoms with Crippen LogP contribution in [0.25, 0.3) is 16.8 Å². The average Bonchev–Trinajstić information content (AvgIpc) is 3.39. The maximum absolute atomic E-state index is 12.3. The van der Waals surface area contributed by atoms with Crippen LogP contribution < -0.4 is 5.32 Å². The van der Waals surface area contributed by atoms with E-state index < -0.39 is 0 Å². The number of benzene rings is 1. The van der Waals surface area contributed by atoms with Gasteiger partial charge in [0, 0.05) is 18.0 Å². The maximum Gasteiger partial charge on any atom is 0.251 e. The number of hydrogen-bond acceptors (Lipinski definition) is 5. The number of rotatable bonds is 5. The third-order valence-electron chi connectivity index (χ3n) is 3.90. The van der Waals surface area contributed by atoms with Crippen LogP contribution in [-0.4, -0.2) is 25.9 Å². The lowest BCUT2D eigenvalue weighted by molar-refractivity contribution is 0.0950. The van der Waals surface area contributed by atoms with Crippen molar-refractivity contribution < 1.29 is 4.79 Å². The fourth-order valence-electron chi connectivity index (χ4n) is 2.52. The number of thiophene rings is 1. The molecule has 0 fully saturated rings. The zero-order valence-corrected chi connectivity index (χ0v) is 14.6. The van der Waals surface area contributed by atoms with Crippen molar-refractivity contribution in [3.8, 4) is 16.8 Å². The third kappa shape index (κ3) is 3.52. The molecule has 0 aliphatic carbocycles. The Morgan fingerprint density at radius 2 is 1.85 bits per heavy atom. The highest BCUT2D eigenvalue weighted by atomic mass is 32.1. The van der Waals surface area contributed by atoms with E-state index in [9.17, 15) is 4.79 Å². The van der Waals surface area contributed by atoms with Gasteiger partial charge in [-0.05, 0) is 52.2 Å². The summed E-state index contributed by atoms with van der Waals surface area (Å²) in [5.74, 6) is -0.139. The Morgan fingerprint density at radius 3 is 2.58 bits per heavy atom. The fourth-order valence-corrected chi connectivity index (χ4v) is 3.18. The Hall–Kier alpha value is -3.32. The highest BCUT2D eigenvalue weighted by Gasteiger charge is 2.08. The number of carbonyl (C=O) groups excluding carboxylic acids is 1. The van der Waals surface area contributed by atoms with Gasteiger partial charge in [0.1, 0.15) is 5.69 Å². The van der Waals surface area contributed by atoms with Crippen LogP contribution in [0.2, 0.25) is 0 Å². The number of amides is 1. The summed E-state index contributed by atoms with van der Waals surface area (Å²) >= 11 is 1.65. The summed E-state index contributed by atoms with van der Waals surface area (Å²) in [6.45, 7) is 0.316. The molecule has 0 spiro atoms. The molecule has 7 heteroatoms. The minimum atomic E-state index is -0.139. The van der Waals surface area contributed by atoms with E-state index in [2.05, 4.69) is 32.1 Å². The van der Waals surface area contributed by atoms with Crippen LogP contribution in [0.5, 0.6) is 0 Å². The second-order valence-corrected chi connectivity index (χ2v) is 6.41. The molecule has 0 saturated heterocycles. The summed E-state index contributed by atoms with van der Waals surface area (Å²) in [7, 11) is 0. The summed E-state index contributed by atoms with van der Waals surface area (Å²) in [6, 6.07) is 13.3. The summed E-state index contributed by atoms with van der Waals surface area (Å²) in [4.78, 5) is 16.3. The molecule has 0 radical (unpaired) electrons. The first kappa shape index (κ1) is 16.2. The van der Waals surface area contributed by atoms with Crippen molar-refractivity contribution in [3.05, 3.63) is 83.1 Å². The minimum Gasteiger partial charge on any atom is -0.346 e. The number of pyridine rings is 1. The molecular formula is C19H15N5OS. The van der Waals surface area contributed by atoms with Gasteiger partial charge in [-0.1, -0.05) is 17.3 Å². The van der Waals surface area contributed by atoms with E-state index in [-0.39, 0.29) is 5.91 Å². The van der Waals surface area contributed by atoms with Crippen molar-refractivity contribution in [1.82, 2.24) is 25.3 Å². The highest BCUT2D eigenvalue weighted by molar-refractivity contribution is 7.08. The molecule has 3 heterocycles. The first-order valence-electron chi connectivity index (χ1n) is 8.02. The van der Waals surface area contributed by atoms with Crippen molar-refractivity contribution in [2.24, 2.45) is 0 Å². The molecule has 128 valence electrons. The lowest BCUT2D eigenvalue weighted by Gasteiger charge is -2.04. The second kappa shape index (κ2) is 7.28. The number of nitrogens with one attached hydrogen (secondary N) is 1. The van der Waals surface area contributed by atoms with E-state index in [0.29, 0.717) is 17.8 Å². The zero-order valence-electron chi connectivity index (χ0n) is 13.7. The predicted octanol–water partition coefficient (Wildman–Crippen LogP) is 3.32. The Labute approximate surface area is 154 Å². The Morgan fingerprint density at radius 1 is 1.04 bits per heavy atom. The van der Waals surface area contributed by atoms with Gasteiger partial charge in [0.05, 0.1) is 18.4 Å². The average molecular weight is 361 g/mol. The van der Waals surface area contributed by atoms with Gasteiger partial charge in [-0.15, -0.1) is 5.10 Å². The number of nitrogens with zero attached hydrogens (tertiary/aromatic N) is 4. The van der Waals surface area contributed by atoms with Crippen LogP contribution in [-0.2, 0) is 6.54 Å².